The van der Waals surface area contributed by atoms with Crippen molar-refractivity contribution >= 4 is 16.8 Å². The molecule has 6 heteroatoms. The SMILES string of the molecule is COc1ccc2[nH]c(=O)c(C(=O)N[C@H]3CCNC3)cc2c1. The van der Waals surface area contributed by atoms with Gasteiger partial charge in [0.2, 0.25) is 0 Å². The summed E-state index contributed by atoms with van der Waals surface area (Å²) in [7, 11) is 1.58. The van der Waals surface area contributed by atoms with Crippen LogP contribution >= 0.6 is 0 Å². The van der Waals surface area contributed by atoms with Crippen LogP contribution in [0.2, 0.25) is 0 Å². The summed E-state index contributed by atoms with van der Waals surface area (Å²) < 4.78 is 5.16. The van der Waals surface area contributed by atoms with E-state index in [0.29, 0.717) is 11.3 Å². The number of H-pyrrole nitrogens is 1. The molecule has 2 aromatic rings. The van der Waals surface area contributed by atoms with Gasteiger partial charge in [-0.25, -0.2) is 0 Å². The Balaban J connectivity index is 1.94. The summed E-state index contributed by atoms with van der Waals surface area (Å²) in [5.41, 5.74) is 0.429. The number of carbonyl (C=O) groups is 1. The van der Waals surface area contributed by atoms with Crippen molar-refractivity contribution in [1.82, 2.24) is 15.6 Å². The molecule has 1 fully saturated rings. The number of aromatic amines is 1. The molecular formula is C15H17N3O3. The Morgan fingerprint density at radius 2 is 2.24 bits per heavy atom. The highest BCUT2D eigenvalue weighted by Crippen LogP contribution is 2.18. The van der Waals surface area contributed by atoms with E-state index >= 15 is 0 Å². The van der Waals surface area contributed by atoms with Gasteiger partial charge >= 0.3 is 0 Å². The second-order valence-electron chi connectivity index (χ2n) is 5.13. The molecule has 1 aliphatic heterocycles. The number of ether oxygens (including phenoxy) is 1. The molecule has 1 aromatic carbocycles. The third kappa shape index (κ3) is 2.75. The monoisotopic (exact) mass is 287 g/mol. The van der Waals surface area contributed by atoms with Gasteiger partial charge in [-0.05, 0) is 37.2 Å². The molecule has 6 nitrogen and oxygen atoms in total. The maximum absolute atomic E-state index is 12.2. The summed E-state index contributed by atoms with van der Waals surface area (Å²) in [6.45, 7) is 1.63. The molecule has 0 radical (unpaired) electrons. The van der Waals surface area contributed by atoms with Gasteiger partial charge in [0.1, 0.15) is 11.3 Å². The van der Waals surface area contributed by atoms with Crippen LogP contribution < -0.4 is 20.9 Å². The first-order valence-corrected chi connectivity index (χ1v) is 6.90. The number of carbonyl (C=O) groups excluding carboxylic acids is 1. The third-order valence-electron chi connectivity index (χ3n) is 3.69. The van der Waals surface area contributed by atoms with Crippen LogP contribution in [0.4, 0.5) is 0 Å². The Morgan fingerprint density at radius 1 is 1.38 bits per heavy atom. The van der Waals surface area contributed by atoms with Crippen LogP contribution in [-0.2, 0) is 0 Å². The summed E-state index contributed by atoms with van der Waals surface area (Å²) in [5.74, 6) is 0.343. The van der Waals surface area contributed by atoms with Crippen molar-refractivity contribution < 1.29 is 9.53 Å². The summed E-state index contributed by atoms with van der Waals surface area (Å²) in [4.78, 5) is 27.0. The number of amides is 1. The van der Waals surface area contributed by atoms with Crippen molar-refractivity contribution in [1.29, 1.82) is 0 Å². The number of fused-ring (bicyclic) bond motifs is 1. The molecule has 1 saturated heterocycles. The van der Waals surface area contributed by atoms with Crippen molar-refractivity contribution in [2.24, 2.45) is 0 Å². The number of hydrogen-bond acceptors (Lipinski definition) is 4. The van der Waals surface area contributed by atoms with E-state index in [4.69, 9.17) is 4.74 Å². The standard InChI is InChI=1S/C15H17N3O3/c1-21-11-2-3-13-9(6-11)7-12(15(20)18-13)14(19)17-10-4-5-16-8-10/h2-3,6-7,10,16H,4-5,8H2,1H3,(H,17,19)(H,18,20)/t10-/m0/s1. The highest BCUT2D eigenvalue weighted by atomic mass is 16.5. The molecule has 1 amide bonds. The average Bonchev–Trinajstić information content (AvgIpc) is 2.98. The highest BCUT2D eigenvalue weighted by Gasteiger charge is 2.19. The Kier molecular flexibility index (Phi) is 3.62. The first kappa shape index (κ1) is 13.6. The van der Waals surface area contributed by atoms with Crippen molar-refractivity contribution in [3.63, 3.8) is 0 Å². The lowest BCUT2D eigenvalue weighted by Gasteiger charge is -2.11. The van der Waals surface area contributed by atoms with Gasteiger partial charge in [-0.1, -0.05) is 0 Å². The summed E-state index contributed by atoms with van der Waals surface area (Å²) in [6, 6.07) is 7.01. The van der Waals surface area contributed by atoms with E-state index in [9.17, 15) is 9.59 Å². The predicted octanol–water partition coefficient (Wildman–Crippen LogP) is 0.628. The summed E-state index contributed by atoms with van der Waals surface area (Å²) >= 11 is 0. The molecule has 1 atom stereocenters. The van der Waals surface area contributed by atoms with Gasteiger partial charge in [-0.15, -0.1) is 0 Å². The van der Waals surface area contributed by atoms with E-state index in [2.05, 4.69) is 15.6 Å². The van der Waals surface area contributed by atoms with E-state index in [1.807, 2.05) is 0 Å². The fourth-order valence-corrected chi connectivity index (χ4v) is 2.52. The lowest BCUT2D eigenvalue weighted by molar-refractivity contribution is 0.0938. The highest BCUT2D eigenvalue weighted by molar-refractivity contribution is 5.97. The van der Waals surface area contributed by atoms with E-state index in [0.717, 1.165) is 24.9 Å². The van der Waals surface area contributed by atoms with Crippen LogP contribution in [0.3, 0.4) is 0 Å². The van der Waals surface area contributed by atoms with E-state index < -0.39 is 0 Å². The number of methoxy groups -OCH3 is 1. The molecule has 3 rings (SSSR count). The number of benzene rings is 1. The second kappa shape index (κ2) is 5.57. The zero-order chi connectivity index (χ0) is 14.8. The average molecular weight is 287 g/mol. The summed E-state index contributed by atoms with van der Waals surface area (Å²) in [6.07, 6.45) is 0.880. The molecule has 0 spiro atoms. The molecule has 0 saturated carbocycles. The van der Waals surface area contributed by atoms with Crippen molar-refractivity contribution in [3.8, 4) is 5.75 Å². The first-order chi connectivity index (χ1) is 10.2. The fourth-order valence-electron chi connectivity index (χ4n) is 2.52. The van der Waals surface area contributed by atoms with Crippen LogP contribution in [0.5, 0.6) is 5.75 Å². The van der Waals surface area contributed by atoms with Crippen LogP contribution in [0, 0.1) is 0 Å². The Labute approximate surface area is 121 Å². The first-order valence-electron chi connectivity index (χ1n) is 6.90. The zero-order valence-corrected chi connectivity index (χ0v) is 11.7. The van der Waals surface area contributed by atoms with Gasteiger partial charge in [-0.3, -0.25) is 9.59 Å². The largest absolute Gasteiger partial charge is 0.497 e. The normalized spacial score (nSPS) is 17.9. The van der Waals surface area contributed by atoms with Gasteiger partial charge in [0, 0.05) is 23.5 Å². The quantitative estimate of drug-likeness (QED) is 0.773. The Hall–Kier alpha value is -2.34. The van der Waals surface area contributed by atoms with Gasteiger partial charge in [0.25, 0.3) is 11.5 Å². The number of nitrogens with one attached hydrogen (secondary N) is 3. The van der Waals surface area contributed by atoms with Crippen LogP contribution in [0.25, 0.3) is 10.9 Å². The van der Waals surface area contributed by atoms with Gasteiger partial charge in [-0.2, -0.15) is 0 Å². The number of aromatic nitrogens is 1. The van der Waals surface area contributed by atoms with Gasteiger partial charge in [0.05, 0.1) is 7.11 Å². The number of pyridine rings is 1. The molecule has 0 bridgehead atoms. The zero-order valence-electron chi connectivity index (χ0n) is 11.7. The molecule has 0 unspecified atom stereocenters. The maximum atomic E-state index is 12.2. The van der Waals surface area contributed by atoms with Crippen LogP contribution in [0.15, 0.2) is 29.1 Å². The molecule has 1 aromatic heterocycles. The van der Waals surface area contributed by atoms with E-state index in [1.165, 1.54) is 0 Å². The second-order valence-corrected chi connectivity index (χ2v) is 5.13. The minimum Gasteiger partial charge on any atom is -0.497 e. The molecule has 3 N–H and O–H groups in total. The van der Waals surface area contributed by atoms with Gasteiger partial charge < -0.3 is 20.4 Å². The lowest BCUT2D eigenvalue weighted by atomic mass is 10.1. The Morgan fingerprint density at radius 3 is 2.95 bits per heavy atom. The molecule has 110 valence electrons. The lowest BCUT2D eigenvalue weighted by Crippen LogP contribution is -2.38. The van der Waals surface area contributed by atoms with E-state index in [-0.39, 0.29) is 23.1 Å². The minimum absolute atomic E-state index is 0.0814. The minimum atomic E-state index is -0.379. The number of rotatable bonds is 3. The topological polar surface area (TPSA) is 83.2 Å². The maximum Gasteiger partial charge on any atom is 0.261 e. The molecule has 2 heterocycles. The summed E-state index contributed by atoms with van der Waals surface area (Å²) in [5, 5.41) is 6.82. The number of hydrogen-bond donors (Lipinski definition) is 3. The van der Waals surface area contributed by atoms with Crippen LogP contribution in [-0.4, -0.2) is 37.1 Å². The van der Waals surface area contributed by atoms with Gasteiger partial charge in [0.15, 0.2) is 0 Å². The smallest absolute Gasteiger partial charge is 0.261 e. The third-order valence-corrected chi connectivity index (χ3v) is 3.69. The van der Waals surface area contributed by atoms with Crippen LogP contribution in [0.1, 0.15) is 16.8 Å². The molecular weight excluding hydrogens is 270 g/mol. The molecule has 1 aliphatic rings. The predicted molar refractivity (Wildman–Crippen MR) is 79.9 cm³/mol. The molecule has 0 aliphatic carbocycles. The van der Waals surface area contributed by atoms with Crippen molar-refractivity contribution in [2.75, 3.05) is 20.2 Å². The molecule has 21 heavy (non-hydrogen) atoms. The Bertz CT molecular complexity index is 733. The fraction of sp³-hybridized carbons (Fsp3) is 0.333. The van der Waals surface area contributed by atoms with Crippen molar-refractivity contribution in [2.45, 2.75) is 12.5 Å². The van der Waals surface area contributed by atoms with Crippen molar-refractivity contribution in [3.05, 3.63) is 40.2 Å². The van der Waals surface area contributed by atoms with E-state index in [1.54, 1.807) is 31.4 Å².